The lowest BCUT2D eigenvalue weighted by molar-refractivity contribution is 0.100. The highest BCUT2D eigenvalue weighted by Crippen LogP contribution is 2.23. The van der Waals surface area contributed by atoms with E-state index in [-0.39, 0.29) is 0 Å². The van der Waals surface area contributed by atoms with Gasteiger partial charge in [-0.2, -0.15) is 0 Å². The van der Waals surface area contributed by atoms with Crippen molar-refractivity contribution < 1.29 is 4.79 Å². The van der Waals surface area contributed by atoms with E-state index in [0.717, 1.165) is 42.5 Å². The minimum atomic E-state index is -0.398. The maximum absolute atomic E-state index is 11.4. The minimum Gasteiger partial charge on any atom is -0.382 e. The monoisotopic (exact) mass is 311 g/mol. The maximum atomic E-state index is 11.4. The lowest BCUT2D eigenvalue weighted by atomic mass is 10.1. The number of rotatable bonds is 3. The molecule has 1 aliphatic heterocycles. The molecule has 0 bridgehead atoms. The van der Waals surface area contributed by atoms with Crippen molar-refractivity contribution in [1.29, 1.82) is 0 Å². The second-order valence-corrected chi connectivity index (χ2v) is 5.49. The van der Waals surface area contributed by atoms with Crippen LogP contribution in [0, 0.1) is 0 Å². The number of nitrogens with two attached hydrogens (primary N) is 1. The molecule has 1 aromatic rings. The van der Waals surface area contributed by atoms with Crippen molar-refractivity contribution in [2.24, 2.45) is 5.73 Å². The Kier molecular flexibility index (Phi) is 4.60. The molecule has 0 saturated carbocycles. The highest BCUT2D eigenvalue weighted by molar-refractivity contribution is 9.10. The van der Waals surface area contributed by atoms with E-state index in [0.29, 0.717) is 11.6 Å². The zero-order chi connectivity index (χ0) is 13.0. The molecule has 2 rings (SSSR count). The number of primary amides is 1. The summed E-state index contributed by atoms with van der Waals surface area (Å²) in [7, 11) is 0. The summed E-state index contributed by atoms with van der Waals surface area (Å²) >= 11 is 3.36. The number of benzene rings is 1. The van der Waals surface area contributed by atoms with Crippen molar-refractivity contribution in [3.8, 4) is 0 Å². The topological polar surface area (TPSA) is 67.2 Å². The molecule has 1 atom stereocenters. The van der Waals surface area contributed by atoms with Crippen LogP contribution in [-0.2, 0) is 0 Å². The van der Waals surface area contributed by atoms with Gasteiger partial charge in [-0.1, -0.05) is 15.9 Å². The van der Waals surface area contributed by atoms with Crippen molar-refractivity contribution in [1.82, 2.24) is 5.32 Å². The number of nitrogens with one attached hydrogen (secondary N) is 2. The summed E-state index contributed by atoms with van der Waals surface area (Å²) in [6, 6.07) is 5.99. The Hall–Kier alpha value is -1.07. The SMILES string of the molecule is NC(=O)c1cc(Br)ccc1NC1CCCNCC1. The fraction of sp³-hybridized carbons (Fsp3) is 0.462. The van der Waals surface area contributed by atoms with E-state index in [1.807, 2.05) is 12.1 Å². The molecule has 1 amide bonds. The first-order chi connectivity index (χ1) is 8.66. The van der Waals surface area contributed by atoms with Gasteiger partial charge >= 0.3 is 0 Å². The van der Waals surface area contributed by atoms with Crippen LogP contribution in [-0.4, -0.2) is 25.0 Å². The van der Waals surface area contributed by atoms with Crippen LogP contribution in [0.5, 0.6) is 0 Å². The second-order valence-electron chi connectivity index (χ2n) is 4.58. The molecule has 1 fully saturated rings. The van der Waals surface area contributed by atoms with E-state index >= 15 is 0 Å². The fourth-order valence-corrected chi connectivity index (χ4v) is 2.59. The standard InChI is InChI=1S/C13H18BrN3O/c14-9-3-4-12(11(8-9)13(15)18)17-10-2-1-6-16-7-5-10/h3-4,8,10,16-17H,1-2,5-7H2,(H2,15,18). The summed E-state index contributed by atoms with van der Waals surface area (Å²) in [6.45, 7) is 2.08. The van der Waals surface area contributed by atoms with Crippen LogP contribution in [0.1, 0.15) is 29.6 Å². The normalized spacial score (nSPS) is 20.2. The van der Waals surface area contributed by atoms with Gasteiger partial charge in [0.2, 0.25) is 0 Å². The van der Waals surface area contributed by atoms with Crippen LogP contribution < -0.4 is 16.4 Å². The van der Waals surface area contributed by atoms with Gasteiger partial charge in [-0.05, 0) is 50.6 Å². The Labute approximate surface area is 115 Å². The van der Waals surface area contributed by atoms with Gasteiger partial charge in [0.25, 0.3) is 5.91 Å². The molecule has 1 aliphatic rings. The first-order valence-corrected chi connectivity index (χ1v) is 7.03. The van der Waals surface area contributed by atoms with Gasteiger partial charge in [-0.15, -0.1) is 0 Å². The summed E-state index contributed by atoms with van der Waals surface area (Å²) in [5.41, 5.74) is 6.78. The molecule has 0 radical (unpaired) electrons. The molecule has 4 nitrogen and oxygen atoms in total. The van der Waals surface area contributed by atoms with E-state index < -0.39 is 5.91 Å². The van der Waals surface area contributed by atoms with Crippen LogP contribution in [0.4, 0.5) is 5.69 Å². The maximum Gasteiger partial charge on any atom is 0.250 e. The number of carbonyl (C=O) groups is 1. The third kappa shape index (κ3) is 3.46. The number of amides is 1. The molecule has 0 aliphatic carbocycles. The Morgan fingerprint density at radius 3 is 3.00 bits per heavy atom. The highest BCUT2D eigenvalue weighted by Gasteiger charge is 2.15. The van der Waals surface area contributed by atoms with Gasteiger partial charge in [0.05, 0.1) is 5.56 Å². The third-order valence-corrected chi connectivity index (χ3v) is 3.68. The van der Waals surface area contributed by atoms with E-state index in [1.165, 1.54) is 0 Å². The Morgan fingerprint density at radius 1 is 1.39 bits per heavy atom. The molecular formula is C13H18BrN3O. The van der Waals surface area contributed by atoms with E-state index in [2.05, 4.69) is 26.6 Å². The van der Waals surface area contributed by atoms with Crippen molar-refractivity contribution in [2.75, 3.05) is 18.4 Å². The average molecular weight is 312 g/mol. The van der Waals surface area contributed by atoms with E-state index in [1.54, 1.807) is 6.07 Å². The quantitative estimate of drug-likeness (QED) is 0.801. The molecule has 1 saturated heterocycles. The number of hydrogen-bond donors (Lipinski definition) is 3. The molecule has 98 valence electrons. The number of hydrogen-bond acceptors (Lipinski definition) is 3. The van der Waals surface area contributed by atoms with Crippen molar-refractivity contribution in [2.45, 2.75) is 25.3 Å². The van der Waals surface area contributed by atoms with Crippen LogP contribution in [0.3, 0.4) is 0 Å². The molecule has 0 spiro atoms. The molecule has 0 aromatic heterocycles. The second kappa shape index (κ2) is 6.20. The third-order valence-electron chi connectivity index (χ3n) is 3.18. The molecule has 4 N–H and O–H groups in total. The van der Waals surface area contributed by atoms with Crippen LogP contribution in [0.2, 0.25) is 0 Å². The molecule has 18 heavy (non-hydrogen) atoms. The Bertz CT molecular complexity index is 428. The highest BCUT2D eigenvalue weighted by atomic mass is 79.9. The largest absolute Gasteiger partial charge is 0.382 e. The fourth-order valence-electron chi connectivity index (χ4n) is 2.23. The van der Waals surface area contributed by atoms with E-state index in [4.69, 9.17) is 5.73 Å². The van der Waals surface area contributed by atoms with Gasteiger partial charge in [0.15, 0.2) is 0 Å². The molecule has 1 unspecified atom stereocenters. The first-order valence-electron chi connectivity index (χ1n) is 6.23. The predicted molar refractivity (Wildman–Crippen MR) is 76.8 cm³/mol. The molecular weight excluding hydrogens is 294 g/mol. The smallest absolute Gasteiger partial charge is 0.250 e. The predicted octanol–water partition coefficient (Wildman–Crippen LogP) is 2.10. The average Bonchev–Trinajstić information content (AvgIpc) is 2.60. The van der Waals surface area contributed by atoms with E-state index in [9.17, 15) is 4.79 Å². The summed E-state index contributed by atoms with van der Waals surface area (Å²) in [5.74, 6) is -0.398. The van der Waals surface area contributed by atoms with Gasteiger partial charge in [-0.3, -0.25) is 4.79 Å². The zero-order valence-electron chi connectivity index (χ0n) is 10.2. The summed E-state index contributed by atoms with van der Waals surface area (Å²) in [6.07, 6.45) is 3.33. The minimum absolute atomic E-state index is 0.398. The van der Waals surface area contributed by atoms with Crippen LogP contribution in [0.25, 0.3) is 0 Å². The number of anilines is 1. The summed E-state index contributed by atoms with van der Waals surface area (Å²) < 4.78 is 0.865. The van der Waals surface area contributed by atoms with Gasteiger partial charge in [-0.25, -0.2) is 0 Å². The van der Waals surface area contributed by atoms with Crippen molar-refractivity contribution >= 4 is 27.5 Å². The van der Waals surface area contributed by atoms with Crippen LogP contribution >= 0.6 is 15.9 Å². The van der Waals surface area contributed by atoms with Gasteiger partial charge < -0.3 is 16.4 Å². The van der Waals surface area contributed by atoms with Crippen molar-refractivity contribution in [3.05, 3.63) is 28.2 Å². The lowest BCUT2D eigenvalue weighted by Gasteiger charge is -2.19. The molecule has 1 heterocycles. The summed E-state index contributed by atoms with van der Waals surface area (Å²) in [5, 5.41) is 6.81. The number of carbonyl (C=O) groups excluding carboxylic acids is 1. The summed E-state index contributed by atoms with van der Waals surface area (Å²) in [4.78, 5) is 11.4. The number of halogens is 1. The Balaban J connectivity index is 2.14. The van der Waals surface area contributed by atoms with Crippen molar-refractivity contribution in [3.63, 3.8) is 0 Å². The molecule has 1 aromatic carbocycles. The zero-order valence-corrected chi connectivity index (χ0v) is 11.8. The molecule has 5 heteroatoms. The van der Waals surface area contributed by atoms with Crippen LogP contribution in [0.15, 0.2) is 22.7 Å². The van der Waals surface area contributed by atoms with Gasteiger partial charge in [0, 0.05) is 16.2 Å². The van der Waals surface area contributed by atoms with Gasteiger partial charge in [0.1, 0.15) is 0 Å². The first kappa shape index (κ1) is 13.4. The Morgan fingerprint density at radius 2 is 2.22 bits per heavy atom. The lowest BCUT2D eigenvalue weighted by Crippen LogP contribution is -2.23.